The van der Waals surface area contributed by atoms with E-state index in [9.17, 15) is 4.79 Å². The summed E-state index contributed by atoms with van der Waals surface area (Å²) in [5.41, 5.74) is 11.3. The molecule has 0 atom stereocenters. The van der Waals surface area contributed by atoms with E-state index in [0.717, 1.165) is 45.3 Å². The van der Waals surface area contributed by atoms with Crippen molar-refractivity contribution in [1.82, 2.24) is 4.90 Å². The minimum absolute atomic E-state index is 0. The molecule has 0 aromatic heterocycles. The van der Waals surface area contributed by atoms with Crippen molar-refractivity contribution in [2.24, 2.45) is 28.3 Å². The average Bonchev–Trinajstić information content (AvgIpc) is 2.38. The van der Waals surface area contributed by atoms with Crippen LogP contribution in [0.5, 0.6) is 0 Å². The van der Waals surface area contributed by atoms with Crippen LogP contribution in [0.25, 0.3) is 0 Å². The molecule has 0 aromatic rings. The molecule has 0 aliphatic heterocycles. The third kappa shape index (κ3) is 5.97. The van der Waals surface area contributed by atoms with Gasteiger partial charge < -0.3 is 16.4 Å². The Kier molecular flexibility index (Phi) is 9.12. The number of carbonyl (C=O) groups excluding carboxylic acids is 1. The van der Waals surface area contributed by atoms with Gasteiger partial charge in [0.15, 0.2) is 5.96 Å². The molecule has 0 unspecified atom stereocenters. The van der Waals surface area contributed by atoms with Gasteiger partial charge in [0, 0.05) is 25.6 Å². The first-order valence-electron chi connectivity index (χ1n) is 6.92. The Hall–Kier alpha value is -0.530. The monoisotopic (exact) mass is 382 g/mol. The third-order valence-corrected chi connectivity index (χ3v) is 3.85. The van der Waals surface area contributed by atoms with Crippen molar-refractivity contribution in [3.05, 3.63) is 0 Å². The van der Waals surface area contributed by atoms with E-state index >= 15 is 0 Å². The number of carbonyl (C=O) groups is 1. The lowest BCUT2D eigenvalue weighted by Crippen LogP contribution is -2.37. The van der Waals surface area contributed by atoms with Gasteiger partial charge in [0.1, 0.15) is 0 Å². The van der Waals surface area contributed by atoms with Crippen LogP contribution in [0.4, 0.5) is 0 Å². The molecule has 0 heterocycles. The van der Waals surface area contributed by atoms with Gasteiger partial charge in [-0.2, -0.15) is 0 Å². The van der Waals surface area contributed by atoms with Crippen LogP contribution >= 0.6 is 24.0 Å². The Morgan fingerprint density at radius 1 is 1.16 bits per heavy atom. The van der Waals surface area contributed by atoms with E-state index in [1.807, 2.05) is 0 Å². The second kappa shape index (κ2) is 9.39. The van der Waals surface area contributed by atoms with Crippen LogP contribution in [-0.2, 0) is 4.79 Å². The summed E-state index contributed by atoms with van der Waals surface area (Å²) in [4.78, 5) is 17.6. The second-order valence-corrected chi connectivity index (χ2v) is 4.99. The predicted molar refractivity (Wildman–Crippen MR) is 89.5 cm³/mol. The number of primary amides is 1. The molecule has 0 spiro atoms. The smallest absolute Gasteiger partial charge is 0.220 e. The van der Waals surface area contributed by atoms with E-state index in [2.05, 4.69) is 23.7 Å². The van der Waals surface area contributed by atoms with E-state index in [-0.39, 0.29) is 35.8 Å². The Bertz CT molecular complexity index is 297. The van der Waals surface area contributed by atoms with Crippen molar-refractivity contribution < 1.29 is 4.79 Å². The molecule has 1 aliphatic carbocycles. The molecule has 1 amide bonds. The molecule has 5 nitrogen and oxygen atoms in total. The van der Waals surface area contributed by atoms with Crippen LogP contribution in [0.2, 0.25) is 0 Å². The largest absolute Gasteiger partial charge is 0.370 e. The number of nitrogens with zero attached hydrogens (tertiary/aromatic N) is 2. The maximum Gasteiger partial charge on any atom is 0.220 e. The molecule has 0 bridgehead atoms. The summed E-state index contributed by atoms with van der Waals surface area (Å²) in [6, 6.07) is 0. The normalized spacial score (nSPS) is 23.6. The molecule has 1 fully saturated rings. The number of hydrogen-bond acceptors (Lipinski definition) is 2. The predicted octanol–water partition coefficient (Wildman–Crippen LogP) is 1.55. The molecule has 6 heteroatoms. The number of rotatable bonds is 5. The first-order chi connectivity index (χ1) is 8.58. The first kappa shape index (κ1) is 18.5. The van der Waals surface area contributed by atoms with E-state index in [0.29, 0.717) is 11.9 Å². The quantitative estimate of drug-likeness (QED) is 0.430. The first-order valence-corrected chi connectivity index (χ1v) is 6.92. The molecule has 1 rings (SSSR count). The zero-order valence-corrected chi connectivity index (χ0v) is 14.3. The van der Waals surface area contributed by atoms with E-state index in [1.54, 1.807) is 0 Å². The van der Waals surface area contributed by atoms with Crippen LogP contribution < -0.4 is 11.5 Å². The summed E-state index contributed by atoms with van der Waals surface area (Å²) in [6.07, 6.45) is 3.87. The van der Waals surface area contributed by atoms with Crippen molar-refractivity contribution in [1.29, 1.82) is 0 Å². The van der Waals surface area contributed by atoms with Gasteiger partial charge in [-0.1, -0.05) is 0 Å². The average molecular weight is 382 g/mol. The highest BCUT2D eigenvalue weighted by atomic mass is 127. The zero-order chi connectivity index (χ0) is 13.5. The number of aliphatic imine (C=N–C) groups is 1. The number of guanidine groups is 1. The van der Waals surface area contributed by atoms with Gasteiger partial charge in [-0.25, -0.2) is 0 Å². The summed E-state index contributed by atoms with van der Waals surface area (Å²) in [7, 11) is 0. The van der Waals surface area contributed by atoms with Crippen molar-refractivity contribution in [3.63, 3.8) is 0 Å². The van der Waals surface area contributed by atoms with Gasteiger partial charge in [-0.05, 0) is 45.4 Å². The van der Waals surface area contributed by atoms with Crippen molar-refractivity contribution in [2.75, 3.05) is 19.6 Å². The summed E-state index contributed by atoms with van der Waals surface area (Å²) in [6.45, 7) is 6.70. The lowest BCUT2D eigenvalue weighted by Gasteiger charge is -2.26. The van der Waals surface area contributed by atoms with Gasteiger partial charge in [-0.3, -0.25) is 9.79 Å². The third-order valence-electron chi connectivity index (χ3n) is 3.85. The summed E-state index contributed by atoms with van der Waals surface area (Å²) in [5.74, 6) is 1.11. The van der Waals surface area contributed by atoms with E-state index in [1.165, 1.54) is 0 Å². The molecular formula is C13H27IN4O. The van der Waals surface area contributed by atoms with Crippen LogP contribution in [0, 0.1) is 11.8 Å². The fourth-order valence-electron chi connectivity index (χ4n) is 2.50. The molecule has 1 saturated carbocycles. The standard InChI is InChI=1S/C13H26N4O.HI/c1-3-17(4-2)13(15)16-9-10-5-7-11(8-6-10)12(14)18;/h10-11H,3-9H2,1-2H3,(H2,14,18)(H2,15,16);1H. The van der Waals surface area contributed by atoms with Crippen molar-refractivity contribution in [2.45, 2.75) is 39.5 Å². The minimum atomic E-state index is -0.153. The fourth-order valence-corrected chi connectivity index (χ4v) is 2.50. The molecule has 1 aliphatic rings. The second-order valence-electron chi connectivity index (χ2n) is 4.99. The maximum absolute atomic E-state index is 11.1. The topological polar surface area (TPSA) is 84.7 Å². The van der Waals surface area contributed by atoms with Gasteiger partial charge in [0.05, 0.1) is 0 Å². The minimum Gasteiger partial charge on any atom is -0.370 e. The highest BCUT2D eigenvalue weighted by molar-refractivity contribution is 14.0. The van der Waals surface area contributed by atoms with E-state index < -0.39 is 0 Å². The Labute approximate surface area is 133 Å². The summed E-state index contributed by atoms with van der Waals surface area (Å²) in [5, 5.41) is 0. The number of halogens is 1. The molecule has 0 saturated heterocycles. The van der Waals surface area contributed by atoms with Gasteiger partial charge >= 0.3 is 0 Å². The molecule has 19 heavy (non-hydrogen) atoms. The number of hydrogen-bond donors (Lipinski definition) is 2. The molecular weight excluding hydrogens is 355 g/mol. The van der Waals surface area contributed by atoms with Gasteiger partial charge in [-0.15, -0.1) is 24.0 Å². The van der Waals surface area contributed by atoms with Crippen LogP contribution in [0.3, 0.4) is 0 Å². The maximum atomic E-state index is 11.1. The molecule has 112 valence electrons. The fraction of sp³-hybridized carbons (Fsp3) is 0.846. The van der Waals surface area contributed by atoms with Crippen molar-refractivity contribution >= 4 is 35.8 Å². The lowest BCUT2D eigenvalue weighted by atomic mass is 9.82. The lowest BCUT2D eigenvalue weighted by molar-refractivity contribution is -0.122. The van der Waals surface area contributed by atoms with E-state index in [4.69, 9.17) is 11.5 Å². The summed E-state index contributed by atoms with van der Waals surface area (Å²) < 4.78 is 0. The highest BCUT2D eigenvalue weighted by Crippen LogP contribution is 2.28. The number of nitrogens with two attached hydrogens (primary N) is 2. The highest BCUT2D eigenvalue weighted by Gasteiger charge is 2.24. The Balaban J connectivity index is 0.00000324. The SMILES string of the molecule is CCN(CC)C(N)=NCC1CCC(C(N)=O)CC1.I. The molecule has 0 aromatic carbocycles. The van der Waals surface area contributed by atoms with Crippen LogP contribution in [0.1, 0.15) is 39.5 Å². The Morgan fingerprint density at radius 3 is 2.11 bits per heavy atom. The van der Waals surface area contributed by atoms with Gasteiger partial charge in [0.2, 0.25) is 5.91 Å². The van der Waals surface area contributed by atoms with Gasteiger partial charge in [0.25, 0.3) is 0 Å². The van der Waals surface area contributed by atoms with Crippen LogP contribution in [-0.4, -0.2) is 36.4 Å². The van der Waals surface area contributed by atoms with Crippen molar-refractivity contribution in [3.8, 4) is 0 Å². The molecule has 0 radical (unpaired) electrons. The summed E-state index contributed by atoms with van der Waals surface area (Å²) >= 11 is 0. The molecule has 4 N–H and O–H groups in total. The zero-order valence-electron chi connectivity index (χ0n) is 12.0. The van der Waals surface area contributed by atoms with Crippen LogP contribution in [0.15, 0.2) is 4.99 Å². The Morgan fingerprint density at radius 2 is 1.68 bits per heavy atom. The number of amides is 1.